The third-order valence-corrected chi connectivity index (χ3v) is 5.60. The average molecular weight is 416 g/mol. The van der Waals surface area contributed by atoms with Crippen LogP contribution < -0.4 is 10.0 Å². The van der Waals surface area contributed by atoms with Crippen LogP contribution in [0.3, 0.4) is 0 Å². The number of carbonyl (C=O) groups is 1. The molecule has 0 saturated heterocycles. The van der Waals surface area contributed by atoms with Gasteiger partial charge in [0.25, 0.3) is 15.9 Å². The molecule has 152 valence electrons. The van der Waals surface area contributed by atoms with Gasteiger partial charge in [-0.05, 0) is 55.0 Å². The SMILES string of the molecule is CCCCn1nccc1NC(=O)c1ccc(S(=O)(=O)Nc2ccc(F)cc2)cc1. The topological polar surface area (TPSA) is 93.1 Å². The smallest absolute Gasteiger partial charge is 0.261 e. The van der Waals surface area contributed by atoms with Crippen LogP contribution in [0.5, 0.6) is 0 Å². The third kappa shape index (κ3) is 5.20. The predicted molar refractivity (Wildman–Crippen MR) is 109 cm³/mol. The normalized spacial score (nSPS) is 11.2. The molecule has 7 nitrogen and oxygen atoms in total. The second-order valence-electron chi connectivity index (χ2n) is 6.38. The van der Waals surface area contributed by atoms with Crippen LogP contribution in [0, 0.1) is 5.82 Å². The average Bonchev–Trinajstić information content (AvgIpc) is 3.15. The van der Waals surface area contributed by atoms with Crippen LogP contribution in [0.15, 0.2) is 65.7 Å². The van der Waals surface area contributed by atoms with Gasteiger partial charge in [0.2, 0.25) is 0 Å². The van der Waals surface area contributed by atoms with E-state index in [1.807, 2.05) is 0 Å². The monoisotopic (exact) mass is 416 g/mol. The number of unbranched alkanes of at least 4 members (excludes halogenated alkanes) is 1. The Bertz CT molecular complexity index is 1080. The lowest BCUT2D eigenvalue weighted by Crippen LogP contribution is -2.17. The molecular formula is C20H21FN4O3S. The number of amides is 1. The van der Waals surface area contributed by atoms with Gasteiger partial charge in [-0.1, -0.05) is 13.3 Å². The second-order valence-corrected chi connectivity index (χ2v) is 8.07. The van der Waals surface area contributed by atoms with Gasteiger partial charge in [0, 0.05) is 23.9 Å². The number of sulfonamides is 1. The van der Waals surface area contributed by atoms with Gasteiger partial charge in [0.1, 0.15) is 11.6 Å². The second kappa shape index (κ2) is 8.87. The standard InChI is InChI=1S/C20H21FN4O3S/c1-2-3-14-25-19(12-13-22-25)23-20(26)15-4-10-18(11-5-15)29(27,28)24-17-8-6-16(21)7-9-17/h4-13,24H,2-3,14H2,1H3,(H,23,26). The van der Waals surface area contributed by atoms with Crippen molar-refractivity contribution in [2.75, 3.05) is 10.0 Å². The first kappa shape index (κ1) is 20.5. The van der Waals surface area contributed by atoms with E-state index in [1.165, 1.54) is 36.4 Å². The fourth-order valence-corrected chi connectivity index (χ4v) is 3.69. The van der Waals surface area contributed by atoms with Gasteiger partial charge in [-0.3, -0.25) is 9.52 Å². The van der Waals surface area contributed by atoms with Gasteiger partial charge < -0.3 is 5.32 Å². The molecule has 0 aliphatic carbocycles. The Labute approximate surface area is 168 Å². The number of anilines is 2. The van der Waals surface area contributed by atoms with Crippen molar-refractivity contribution in [1.82, 2.24) is 9.78 Å². The van der Waals surface area contributed by atoms with Crippen molar-refractivity contribution >= 4 is 27.4 Å². The molecule has 2 N–H and O–H groups in total. The number of nitrogens with zero attached hydrogens (tertiary/aromatic N) is 2. The third-order valence-electron chi connectivity index (χ3n) is 4.20. The summed E-state index contributed by atoms with van der Waals surface area (Å²) >= 11 is 0. The molecule has 0 unspecified atom stereocenters. The Hall–Kier alpha value is -3.20. The molecule has 3 rings (SSSR count). The van der Waals surface area contributed by atoms with E-state index in [0.29, 0.717) is 17.9 Å². The first-order valence-corrected chi connectivity index (χ1v) is 10.6. The van der Waals surface area contributed by atoms with E-state index in [4.69, 9.17) is 0 Å². The minimum atomic E-state index is -3.85. The quantitative estimate of drug-likeness (QED) is 0.583. The Balaban J connectivity index is 1.70. The Kier molecular flexibility index (Phi) is 6.28. The summed E-state index contributed by atoms with van der Waals surface area (Å²) < 4.78 is 41.9. The van der Waals surface area contributed by atoms with E-state index in [-0.39, 0.29) is 16.5 Å². The lowest BCUT2D eigenvalue weighted by molar-refractivity contribution is 0.102. The minimum absolute atomic E-state index is 0.00800. The molecule has 9 heteroatoms. The van der Waals surface area contributed by atoms with Gasteiger partial charge >= 0.3 is 0 Å². The number of aromatic nitrogens is 2. The highest BCUT2D eigenvalue weighted by Crippen LogP contribution is 2.18. The summed E-state index contributed by atoms with van der Waals surface area (Å²) in [4.78, 5) is 12.5. The molecule has 1 aromatic heterocycles. The zero-order valence-electron chi connectivity index (χ0n) is 15.8. The molecule has 3 aromatic rings. The van der Waals surface area contributed by atoms with Crippen molar-refractivity contribution in [2.45, 2.75) is 31.2 Å². The zero-order chi connectivity index (χ0) is 20.9. The highest BCUT2D eigenvalue weighted by atomic mass is 32.2. The first-order chi connectivity index (χ1) is 13.9. The molecular weight excluding hydrogens is 395 g/mol. The number of carbonyl (C=O) groups excluding carboxylic acids is 1. The van der Waals surface area contributed by atoms with Crippen LogP contribution in [0.25, 0.3) is 0 Å². The number of hydrogen-bond donors (Lipinski definition) is 2. The summed E-state index contributed by atoms with van der Waals surface area (Å²) in [6.07, 6.45) is 3.56. The van der Waals surface area contributed by atoms with Crippen LogP contribution in [0.1, 0.15) is 30.1 Å². The highest BCUT2D eigenvalue weighted by molar-refractivity contribution is 7.92. The Morgan fingerprint density at radius 1 is 1.07 bits per heavy atom. The fourth-order valence-electron chi connectivity index (χ4n) is 2.63. The largest absolute Gasteiger partial charge is 0.307 e. The number of halogens is 1. The van der Waals surface area contributed by atoms with Gasteiger partial charge in [0.05, 0.1) is 11.1 Å². The molecule has 0 saturated carbocycles. The molecule has 0 radical (unpaired) electrons. The summed E-state index contributed by atoms with van der Waals surface area (Å²) in [7, 11) is -3.85. The molecule has 1 amide bonds. The molecule has 2 aromatic carbocycles. The van der Waals surface area contributed by atoms with Gasteiger partial charge in [-0.25, -0.2) is 17.5 Å². The van der Waals surface area contributed by atoms with Crippen LogP contribution in [-0.4, -0.2) is 24.1 Å². The van der Waals surface area contributed by atoms with Crippen molar-refractivity contribution in [1.29, 1.82) is 0 Å². The maximum atomic E-state index is 13.0. The molecule has 29 heavy (non-hydrogen) atoms. The summed E-state index contributed by atoms with van der Waals surface area (Å²) in [6, 6.07) is 12.2. The molecule has 0 spiro atoms. The zero-order valence-corrected chi connectivity index (χ0v) is 16.6. The van der Waals surface area contributed by atoms with E-state index < -0.39 is 15.8 Å². The van der Waals surface area contributed by atoms with E-state index >= 15 is 0 Å². The summed E-state index contributed by atoms with van der Waals surface area (Å²) in [5.41, 5.74) is 0.558. The fraction of sp³-hybridized carbons (Fsp3) is 0.200. The lowest BCUT2D eigenvalue weighted by Gasteiger charge is -2.10. The summed E-state index contributed by atoms with van der Waals surface area (Å²) in [5.74, 6) is -0.240. The number of benzene rings is 2. The van der Waals surface area contributed by atoms with Crippen molar-refractivity contribution in [3.8, 4) is 0 Å². The number of rotatable bonds is 8. The van der Waals surface area contributed by atoms with E-state index in [9.17, 15) is 17.6 Å². The molecule has 0 aliphatic heterocycles. The molecule has 0 atom stereocenters. The van der Waals surface area contributed by atoms with Crippen LogP contribution >= 0.6 is 0 Å². The summed E-state index contributed by atoms with van der Waals surface area (Å²) in [6.45, 7) is 2.77. The maximum Gasteiger partial charge on any atom is 0.261 e. The van der Waals surface area contributed by atoms with Gasteiger partial charge in [-0.15, -0.1) is 0 Å². The van der Waals surface area contributed by atoms with E-state index in [0.717, 1.165) is 25.0 Å². The minimum Gasteiger partial charge on any atom is -0.307 e. The molecule has 0 aliphatic rings. The van der Waals surface area contributed by atoms with Crippen LogP contribution in [-0.2, 0) is 16.6 Å². The van der Waals surface area contributed by atoms with E-state index in [2.05, 4.69) is 22.1 Å². The van der Waals surface area contributed by atoms with Gasteiger partial charge in [-0.2, -0.15) is 5.10 Å². The van der Waals surface area contributed by atoms with Crippen LogP contribution in [0.2, 0.25) is 0 Å². The Morgan fingerprint density at radius 2 is 1.76 bits per heavy atom. The number of hydrogen-bond acceptors (Lipinski definition) is 4. The predicted octanol–water partition coefficient (Wildman–Crippen LogP) is 3.88. The van der Waals surface area contributed by atoms with Crippen molar-refractivity contribution in [3.05, 3.63) is 72.2 Å². The lowest BCUT2D eigenvalue weighted by atomic mass is 10.2. The van der Waals surface area contributed by atoms with E-state index in [1.54, 1.807) is 16.9 Å². The summed E-state index contributed by atoms with van der Waals surface area (Å²) in [5, 5.41) is 6.96. The molecule has 1 heterocycles. The van der Waals surface area contributed by atoms with Crippen molar-refractivity contribution in [3.63, 3.8) is 0 Å². The first-order valence-electron chi connectivity index (χ1n) is 9.10. The Morgan fingerprint density at radius 3 is 2.41 bits per heavy atom. The maximum absolute atomic E-state index is 13.0. The van der Waals surface area contributed by atoms with Crippen molar-refractivity contribution < 1.29 is 17.6 Å². The number of aryl methyl sites for hydroxylation is 1. The van der Waals surface area contributed by atoms with Crippen LogP contribution in [0.4, 0.5) is 15.9 Å². The number of nitrogens with one attached hydrogen (secondary N) is 2. The highest BCUT2D eigenvalue weighted by Gasteiger charge is 2.16. The van der Waals surface area contributed by atoms with Gasteiger partial charge in [0.15, 0.2) is 0 Å². The van der Waals surface area contributed by atoms with Crippen molar-refractivity contribution in [2.24, 2.45) is 0 Å². The molecule has 0 fully saturated rings. The molecule has 0 bridgehead atoms.